The topological polar surface area (TPSA) is 13.1 Å². The SMILES string of the molecule is C=C/C=c1/oc(/C=C\C)c(C)c1=C(C)C. The van der Waals surface area contributed by atoms with Gasteiger partial charge in [-0.2, -0.15) is 0 Å². The Balaban J connectivity index is 3.71. The van der Waals surface area contributed by atoms with Gasteiger partial charge in [-0.3, -0.25) is 0 Å². The fraction of sp³-hybridized carbons (Fsp3) is 0.286. The van der Waals surface area contributed by atoms with Crippen LogP contribution in [0.3, 0.4) is 0 Å². The second-order valence-corrected chi connectivity index (χ2v) is 3.73. The summed E-state index contributed by atoms with van der Waals surface area (Å²) in [6, 6.07) is 0. The van der Waals surface area contributed by atoms with Gasteiger partial charge < -0.3 is 4.42 Å². The van der Waals surface area contributed by atoms with Crippen LogP contribution in [-0.4, -0.2) is 0 Å². The Labute approximate surface area is 91.1 Å². The minimum atomic E-state index is 0.899. The van der Waals surface area contributed by atoms with Gasteiger partial charge in [0.15, 0.2) is 0 Å². The lowest BCUT2D eigenvalue weighted by atomic mass is 10.1. The third-order valence-electron chi connectivity index (χ3n) is 2.30. The van der Waals surface area contributed by atoms with Crippen LogP contribution in [0.5, 0.6) is 0 Å². The van der Waals surface area contributed by atoms with Crippen LogP contribution in [0.25, 0.3) is 17.7 Å². The zero-order valence-electron chi connectivity index (χ0n) is 9.92. The van der Waals surface area contributed by atoms with E-state index in [1.807, 2.05) is 25.2 Å². The van der Waals surface area contributed by atoms with Gasteiger partial charge in [0.25, 0.3) is 0 Å². The predicted octanol–water partition coefficient (Wildman–Crippen LogP) is 2.78. The van der Waals surface area contributed by atoms with Crippen molar-refractivity contribution in [1.82, 2.24) is 0 Å². The summed E-state index contributed by atoms with van der Waals surface area (Å²) in [6.45, 7) is 12.0. The molecule has 0 unspecified atom stereocenters. The normalized spacial score (nSPS) is 12.4. The summed E-state index contributed by atoms with van der Waals surface area (Å²) in [5, 5.41) is 1.20. The molecule has 0 aliphatic heterocycles. The van der Waals surface area contributed by atoms with Crippen molar-refractivity contribution in [3.63, 3.8) is 0 Å². The first-order valence-corrected chi connectivity index (χ1v) is 5.14. The molecular formula is C14H18O. The van der Waals surface area contributed by atoms with Crippen LogP contribution in [0.2, 0.25) is 0 Å². The summed E-state index contributed by atoms with van der Waals surface area (Å²) in [6.07, 6.45) is 7.63. The van der Waals surface area contributed by atoms with Gasteiger partial charge in [-0.25, -0.2) is 0 Å². The molecule has 0 bridgehead atoms. The van der Waals surface area contributed by atoms with E-state index < -0.39 is 0 Å². The fourth-order valence-corrected chi connectivity index (χ4v) is 1.71. The average molecular weight is 202 g/mol. The summed E-state index contributed by atoms with van der Waals surface area (Å²) in [4.78, 5) is 0. The smallest absolute Gasteiger partial charge is 0.134 e. The van der Waals surface area contributed by atoms with Crippen molar-refractivity contribution in [3.8, 4) is 0 Å². The molecule has 0 aromatic carbocycles. The van der Waals surface area contributed by atoms with Gasteiger partial charge in [-0.15, -0.1) is 0 Å². The molecule has 1 heterocycles. The minimum absolute atomic E-state index is 0.899. The third kappa shape index (κ3) is 2.30. The summed E-state index contributed by atoms with van der Waals surface area (Å²) < 4.78 is 5.75. The number of hydrogen-bond donors (Lipinski definition) is 0. The van der Waals surface area contributed by atoms with Crippen LogP contribution in [0, 0.1) is 6.92 Å². The van der Waals surface area contributed by atoms with Gasteiger partial charge in [0.05, 0.1) is 0 Å². The lowest BCUT2D eigenvalue weighted by Gasteiger charge is -1.88. The van der Waals surface area contributed by atoms with E-state index >= 15 is 0 Å². The highest BCUT2D eigenvalue weighted by molar-refractivity contribution is 5.53. The molecule has 1 aromatic rings. The fourth-order valence-electron chi connectivity index (χ4n) is 1.71. The van der Waals surface area contributed by atoms with Gasteiger partial charge in [-0.05, 0) is 39.8 Å². The molecule has 1 aromatic heterocycles. The van der Waals surface area contributed by atoms with Crippen LogP contribution in [0.1, 0.15) is 32.1 Å². The maximum Gasteiger partial charge on any atom is 0.134 e. The Hall–Kier alpha value is -1.50. The van der Waals surface area contributed by atoms with Gasteiger partial charge in [0.2, 0.25) is 0 Å². The Morgan fingerprint density at radius 3 is 2.47 bits per heavy atom. The summed E-state index contributed by atoms with van der Waals surface area (Å²) in [5.74, 6) is 0.932. The van der Waals surface area contributed by atoms with Gasteiger partial charge in [0, 0.05) is 10.8 Å². The molecule has 15 heavy (non-hydrogen) atoms. The largest absolute Gasteiger partial charge is 0.456 e. The molecule has 0 spiro atoms. The number of furan rings is 1. The first kappa shape index (κ1) is 11.6. The second-order valence-electron chi connectivity index (χ2n) is 3.73. The standard InChI is InChI=1S/C14H18O/c1-6-8-12-11(5)14(10(3)4)13(15-12)9-7-2/h6-9H,2H2,1,3-5H3/b8-6-,13-9+. The number of hydrogen-bond acceptors (Lipinski definition) is 1. The molecule has 0 aliphatic rings. The first-order valence-electron chi connectivity index (χ1n) is 5.14. The van der Waals surface area contributed by atoms with Crippen LogP contribution < -0.4 is 10.6 Å². The molecule has 80 valence electrons. The molecule has 0 saturated heterocycles. The van der Waals surface area contributed by atoms with E-state index in [0.29, 0.717) is 0 Å². The van der Waals surface area contributed by atoms with Gasteiger partial charge >= 0.3 is 0 Å². The molecule has 0 aliphatic carbocycles. The summed E-state index contributed by atoms with van der Waals surface area (Å²) in [5.41, 5.74) is 3.36. The van der Waals surface area contributed by atoms with E-state index in [0.717, 1.165) is 11.2 Å². The molecule has 1 rings (SSSR count). The molecular weight excluding hydrogens is 184 g/mol. The van der Waals surface area contributed by atoms with Gasteiger partial charge in [0.1, 0.15) is 11.2 Å². The Kier molecular flexibility index (Phi) is 3.73. The van der Waals surface area contributed by atoms with Crippen molar-refractivity contribution in [2.75, 3.05) is 0 Å². The number of rotatable bonds is 2. The maximum atomic E-state index is 5.75. The lowest BCUT2D eigenvalue weighted by Crippen LogP contribution is -2.23. The van der Waals surface area contributed by atoms with Crippen LogP contribution in [-0.2, 0) is 0 Å². The predicted molar refractivity (Wildman–Crippen MR) is 66.8 cm³/mol. The van der Waals surface area contributed by atoms with E-state index in [2.05, 4.69) is 27.4 Å². The highest BCUT2D eigenvalue weighted by atomic mass is 16.3. The first-order chi connectivity index (χ1) is 7.11. The highest BCUT2D eigenvalue weighted by Crippen LogP contribution is 2.04. The summed E-state index contributed by atoms with van der Waals surface area (Å²) in [7, 11) is 0. The monoisotopic (exact) mass is 202 g/mol. The zero-order valence-corrected chi connectivity index (χ0v) is 9.92. The minimum Gasteiger partial charge on any atom is -0.456 e. The van der Waals surface area contributed by atoms with Crippen molar-refractivity contribution >= 4 is 17.7 Å². The van der Waals surface area contributed by atoms with Crippen LogP contribution >= 0.6 is 0 Å². The molecule has 0 atom stereocenters. The van der Waals surface area contributed by atoms with Crippen LogP contribution in [0.4, 0.5) is 0 Å². The Bertz CT molecular complexity index is 494. The van der Waals surface area contributed by atoms with Crippen molar-refractivity contribution in [2.24, 2.45) is 0 Å². The molecule has 0 N–H and O–H groups in total. The Morgan fingerprint density at radius 1 is 1.33 bits per heavy atom. The number of allylic oxidation sites excluding steroid dienone is 2. The lowest BCUT2D eigenvalue weighted by molar-refractivity contribution is 0.520. The highest BCUT2D eigenvalue weighted by Gasteiger charge is 2.04. The van der Waals surface area contributed by atoms with E-state index in [1.165, 1.54) is 16.4 Å². The molecule has 0 radical (unpaired) electrons. The van der Waals surface area contributed by atoms with Crippen molar-refractivity contribution < 1.29 is 4.42 Å². The average Bonchev–Trinajstić information content (AvgIpc) is 2.45. The Morgan fingerprint density at radius 2 is 2.00 bits per heavy atom. The van der Waals surface area contributed by atoms with E-state index in [1.54, 1.807) is 6.08 Å². The van der Waals surface area contributed by atoms with Crippen molar-refractivity contribution in [2.45, 2.75) is 27.7 Å². The van der Waals surface area contributed by atoms with E-state index in [4.69, 9.17) is 4.42 Å². The van der Waals surface area contributed by atoms with E-state index in [9.17, 15) is 0 Å². The zero-order chi connectivity index (χ0) is 11.4. The molecule has 1 heteroatoms. The second kappa shape index (κ2) is 4.83. The van der Waals surface area contributed by atoms with Crippen LogP contribution in [0.15, 0.2) is 23.1 Å². The summed E-state index contributed by atoms with van der Waals surface area (Å²) >= 11 is 0. The molecule has 1 nitrogen and oxygen atoms in total. The van der Waals surface area contributed by atoms with Crippen molar-refractivity contribution in [1.29, 1.82) is 0 Å². The van der Waals surface area contributed by atoms with Crippen molar-refractivity contribution in [3.05, 3.63) is 40.7 Å². The quantitative estimate of drug-likeness (QED) is 0.718. The maximum absolute atomic E-state index is 5.75. The third-order valence-corrected chi connectivity index (χ3v) is 2.30. The van der Waals surface area contributed by atoms with E-state index in [-0.39, 0.29) is 0 Å². The van der Waals surface area contributed by atoms with Gasteiger partial charge in [-0.1, -0.05) is 24.3 Å². The molecule has 0 amide bonds. The molecule has 0 saturated carbocycles. The molecule has 0 fully saturated rings.